The van der Waals surface area contributed by atoms with Crippen LogP contribution in [0.4, 0.5) is 5.69 Å². The van der Waals surface area contributed by atoms with Gasteiger partial charge in [0.2, 0.25) is 11.9 Å². The van der Waals surface area contributed by atoms with Gasteiger partial charge in [-0.05, 0) is 44.2 Å². The first-order chi connectivity index (χ1) is 11.6. The zero-order valence-electron chi connectivity index (χ0n) is 14.6. The molecule has 0 amide bonds. The van der Waals surface area contributed by atoms with Crippen molar-refractivity contribution in [2.24, 2.45) is 21.5 Å². The van der Waals surface area contributed by atoms with E-state index in [0.717, 1.165) is 38.6 Å². The first-order valence-corrected chi connectivity index (χ1v) is 8.50. The Morgan fingerprint density at radius 2 is 1.88 bits per heavy atom. The van der Waals surface area contributed by atoms with E-state index in [2.05, 4.69) is 34.1 Å². The first-order valence-electron chi connectivity index (χ1n) is 8.50. The van der Waals surface area contributed by atoms with Gasteiger partial charge in [0.25, 0.3) is 0 Å². The Balaban J connectivity index is 0.00000225. The van der Waals surface area contributed by atoms with Gasteiger partial charge in [-0.25, -0.2) is 4.99 Å². The average Bonchev–Trinajstić information content (AvgIpc) is 3.02. The summed E-state index contributed by atoms with van der Waals surface area (Å²) in [5.41, 5.74) is 12.6. The van der Waals surface area contributed by atoms with Crippen molar-refractivity contribution >= 4 is 30.0 Å². The number of hydroxylamine groups is 2. The van der Waals surface area contributed by atoms with Gasteiger partial charge in [0.1, 0.15) is 0 Å². The highest BCUT2D eigenvalue weighted by atomic mass is 35.5. The van der Waals surface area contributed by atoms with E-state index in [9.17, 15) is 0 Å². The minimum Gasteiger partial charge on any atom is -0.375 e. The van der Waals surface area contributed by atoms with Crippen LogP contribution in [0, 0.1) is 0 Å². The maximum atomic E-state index is 6.04. The maximum absolute atomic E-state index is 6.04. The molecule has 0 aromatic heterocycles. The van der Waals surface area contributed by atoms with Crippen LogP contribution in [0.25, 0.3) is 0 Å². The van der Waals surface area contributed by atoms with Crippen LogP contribution in [0.15, 0.2) is 40.3 Å². The Hall–Kier alpha value is -1.99. The molecular formula is C17H27ClN6O. The molecule has 1 fully saturated rings. The fraction of sp³-hybridized carbons (Fsp3) is 0.529. The van der Waals surface area contributed by atoms with Crippen molar-refractivity contribution in [1.29, 1.82) is 0 Å². The van der Waals surface area contributed by atoms with Crippen LogP contribution in [0.2, 0.25) is 0 Å². The molecule has 1 spiro atoms. The molecule has 0 bridgehead atoms. The molecule has 1 aromatic rings. The molecule has 2 aliphatic rings. The molecule has 1 aliphatic carbocycles. The average molecular weight is 367 g/mol. The van der Waals surface area contributed by atoms with Gasteiger partial charge in [-0.1, -0.05) is 18.2 Å². The number of hydrogen-bond acceptors (Lipinski definition) is 7. The maximum Gasteiger partial charge on any atom is 0.226 e. The number of hydrogen-bond donors (Lipinski definition) is 2. The van der Waals surface area contributed by atoms with E-state index in [1.807, 2.05) is 18.2 Å². The Morgan fingerprint density at radius 1 is 1.20 bits per heavy atom. The standard InChI is InChI=1S/C17H26N6O.ClH/c1-22(14-8-3-2-4-9-14)12-7-13-24-23-16(19)20-15(18)21-17(23)10-5-6-11-17;/h2-4,8-9H,5-7,10-13H2,1H3,(H4,18,19,20,21);1H. The van der Waals surface area contributed by atoms with Gasteiger partial charge >= 0.3 is 0 Å². The number of nitrogens with two attached hydrogens (primary N) is 2. The summed E-state index contributed by atoms with van der Waals surface area (Å²) in [6.07, 6.45) is 4.87. The van der Waals surface area contributed by atoms with E-state index >= 15 is 0 Å². The van der Waals surface area contributed by atoms with E-state index in [1.165, 1.54) is 5.69 Å². The largest absolute Gasteiger partial charge is 0.375 e. The summed E-state index contributed by atoms with van der Waals surface area (Å²) < 4.78 is 0. The van der Waals surface area contributed by atoms with Crippen molar-refractivity contribution in [1.82, 2.24) is 5.06 Å². The smallest absolute Gasteiger partial charge is 0.226 e. The van der Waals surface area contributed by atoms with Crippen molar-refractivity contribution in [3.8, 4) is 0 Å². The molecule has 0 unspecified atom stereocenters. The quantitative estimate of drug-likeness (QED) is 0.752. The van der Waals surface area contributed by atoms with Gasteiger partial charge in [-0.3, -0.25) is 4.84 Å². The fourth-order valence-corrected chi connectivity index (χ4v) is 3.37. The molecule has 0 radical (unpaired) electrons. The Labute approximate surface area is 155 Å². The summed E-state index contributed by atoms with van der Waals surface area (Å²) in [6, 6.07) is 10.3. The van der Waals surface area contributed by atoms with E-state index in [4.69, 9.17) is 16.3 Å². The van der Waals surface area contributed by atoms with E-state index in [1.54, 1.807) is 5.06 Å². The molecule has 8 heteroatoms. The number of aliphatic imine (C=N–C) groups is 2. The molecule has 4 N–H and O–H groups in total. The number of anilines is 1. The summed E-state index contributed by atoms with van der Waals surface area (Å²) in [6.45, 7) is 1.46. The van der Waals surface area contributed by atoms with Gasteiger partial charge in [0.15, 0.2) is 5.66 Å². The lowest BCUT2D eigenvalue weighted by atomic mass is 10.1. The summed E-state index contributed by atoms with van der Waals surface area (Å²) >= 11 is 0. The van der Waals surface area contributed by atoms with Crippen LogP contribution in [0.5, 0.6) is 0 Å². The number of nitrogens with zero attached hydrogens (tertiary/aromatic N) is 4. The third kappa shape index (κ3) is 4.35. The molecular weight excluding hydrogens is 340 g/mol. The number of guanidine groups is 2. The predicted octanol–water partition coefficient (Wildman–Crippen LogP) is 2.08. The molecule has 1 heterocycles. The van der Waals surface area contributed by atoms with Crippen molar-refractivity contribution in [2.75, 3.05) is 25.1 Å². The minimum atomic E-state index is -0.457. The van der Waals surface area contributed by atoms with Crippen molar-refractivity contribution in [3.63, 3.8) is 0 Å². The summed E-state index contributed by atoms with van der Waals surface area (Å²) in [4.78, 5) is 16.7. The summed E-state index contributed by atoms with van der Waals surface area (Å²) in [5, 5.41) is 1.68. The fourth-order valence-electron chi connectivity index (χ4n) is 3.37. The lowest BCUT2D eigenvalue weighted by Crippen LogP contribution is -2.55. The molecule has 1 aromatic carbocycles. The van der Waals surface area contributed by atoms with Gasteiger partial charge < -0.3 is 16.4 Å². The molecule has 25 heavy (non-hydrogen) atoms. The molecule has 138 valence electrons. The number of benzene rings is 1. The highest BCUT2D eigenvalue weighted by Crippen LogP contribution is 2.38. The number of para-hydroxylation sites is 1. The zero-order valence-corrected chi connectivity index (χ0v) is 15.4. The Morgan fingerprint density at radius 3 is 2.56 bits per heavy atom. The summed E-state index contributed by atoms with van der Waals surface area (Å²) in [5.74, 6) is 0.555. The lowest BCUT2D eigenvalue weighted by molar-refractivity contribution is -0.166. The SMILES string of the molecule is CN(CCCON1C(N)=NC(N)=NC12CCCC2)c1ccccc1.Cl. The molecule has 1 aliphatic heterocycles. The zero-order chi connectivity index (χ0) is 17.0. The van der Waals surface area contributed by atoms with Gasteiger partial charge in [-0.2, -0.15) is 10.1 Å². The predicted molar refractivity (Wildman–Crippen MR) is 104 cm³/mol. The van der Waals surface area contributed by atoms with Crippen LogP contribution in [0.3, 0.4) is 0 Å². The molecule has 0 atom stereocenters. The van der Waals surface area contributed by atoms with Crippen LogP contribution in [-0.2, 0) is 4.84 Å². The number of halogens is 1. The van der Waals surface area contributed by atoms with E-state index < -0.39 is 5.66 Å². The molecule has 3 rings (SSSR count). The Bertz CT molecular complexity index is 615. The second kappa shape index (κ2) is 8.40. The minimum absolute atomic E-state index is 0. The first kappa shape index (κ1) is 19.3. The third-order valence-corrected chi connectivity index (χ3v) is 4.60. The molecule has 1 saturated carbocycles. The highest BCUT2D eigenvalue weighted by molar-refractivity contribution is 5.95. The van der Waals surface area contributed by atoms with Gasteiger partial charge in [-0.15, -0.1) is 12.4 Å². The third-order valence-electron chi connectivity index (χ3n) is 4.60. The van der Waals surface area contributed by atoms with Crippen molar-refractivity contribution in [3.05, 3.63) is 30.3 Å². The van der Waals surface area contributed by atoms with Crippen LogP contribution in [-0.4, -0.2) is 42.8 Å². The monoisotopic (exact) mass is 366 g/mol. The van der Waals surface area contributed by atoms with Crippen LogP contribution in [0.1, 0.15) is 32.1 Å². The normalized spacial score (nSPS) is 18.5. The second-order valence-electron chi connectivity index (χ2n) is 6.37. The van der Waals surface area contributed by atoms with Crippen LogP contribution >= 0.6 is 12.4 Å². The Kier molecular flexibility index (Phi) is 6.50. The second-order valence-corrected chi connectivity index (χ2v) is 6.37. The van der Waals surface area contributed by atoms with Crippen molar-refractivity contribution < 1.29 is 4.84 Å². The lowest BCUT2D eigenvalue weighted by Gasteiger charge is -2.39. The highest BCUT2D eigenvalue weighted by Gasteiger charge is 2.44. The van der Waals surface area contributed by atoms with Crippen molar-refractivity contribution in [2.45, 2.75) is 37.8 Å². The van der Waals surface area contributed by atoms with Crippen LogP contribution < -0.4 is 16.4 Å². The van der Waals surface area contributed by atoms with Gasteiger partial charge in [0.05, 0.1) is 6.61 Å². The van der Waals surface area contributed by atoms with E-state index in [0.29, 0.717) is 12.6 Å². The summed E-state index contributed by atoms with van der Waals surface area (Å²) in [7, 11) is 2.08. The molecule has 7 nitrogen and oxygen atoms in total. The molecule has 0 saturated heterocycles. The topological polar surface area (TPSA) is 92.5 Å². The van der Waals surface area contributed by atoms with E-state index in [-0.39, 0.29) is 18.4 Å². The number of rotatable bonds is 6. The van der Waals surface area contributed by atoms with Gasteiger partial charge in [0, 0.05) is 19.3 Å².